The molecule has 3 aromatic carbocycles. The van der Waals surface area contributed by atoms with Crippen LogP contribution in [-0.4, -0.2) is 22.4 Å². The third kappa shape index (κ3) is 5.48. The first-order chi connectivity index (χ1) is 16.7. The predicted molar refractivity (Wildman–Crippen MR) is 138 cm³/mol. The van der Waals surface area contributed by atoms with Crippen LogP contribution in [0.25, 0.3) is 10.9 Å². The van der Waals surface area contributed by atoms with Gasteiger partial charge in [-0.3, -0.25) is 19.8 Å². The summed E-state index contributed by atoms with van der Waals surface area (Å²) in [7, 11) is 0. The number of anilines is 1. The number of aromatic nitrogens is 1. The smallest absolute Gasteiger partial charge is 0.328 e. The second-order valence-corrected chi connectivity index (χ2v) is 8.89. The number of halogens is 2. The number of fused-ring (bicyclic) bond motifs is 1. The molecule has 3 N–H and O–H groups in total. The van der Waals surface area contributed by atoms with Gasteiger partial charge in [-0.1, -0.05) is 47.5 Å². The Bertz CT molecular complexity index is 1450. The van der Waals surface area contributed by atoms with Crippen LogP contribution in [-0.2, 0) is 16.1 Å². The largest absolute Gasteiger partial charge is 0.344 e. The van der Waals surface area contributed by atoms with Gasteiger partial charge in [-0.05, 0) is 73.0 Å². The van der Waals surface area contributed by atoms with Gasteiger partial charge in [0, 0.05) is 27.7 Å². The van der Waals surface area contributed by atoms with Gasteiger partial charge in [-0.25, -0.2) is 4.68 Å². The van der Waals surface area contributed by atoms with E-state index in [0.29, 0.717) is 26.6 Å². The molecule has 0 aliphatic heterocycles. The minimum Gasteiger partial charge on any atom is -0.344 e. The Kier molecular flexibility index (Phi) is 7.10. The zero-order chi connectivity index (χ0) is 25.1. The molecule has 178 valence electrons. The molecule has 0 unspecified atom stereocenters. The van der Waals surface area contributed by atoms with E-state index in [1.165, 1.54) is 4.68 Å². The van der Waals surface area contributed by atoms with E-state index in [1.54, 1.807) is 54.6 Å². The number of hydrogen-bond donors (Lipinski definition) is 3. The Hall–Kier alpha value is -3.81. The lowest BCUT2D eigenvalue weighted by atomic mass is 10.1. The summed E-state index contributed by atoms with van der Waals surface area (Å²) in [6.07, 6.45) is 0. The summed E-state index contributed by atoms with van der Waals surface area (Å²) in [6.45, 7) is 4.01. The number of aryl methyl sites for hydroxylation is 1. The number of rotatable bonds is 5. The van der Waals surface area contributed by atoms with Gasteiger partial charge < -0.3 is 10.6 Å². The van der Waals surface area contributed by atoms with E-state index in [9.17, 15) is 14.4 Å². The lowest BCUT2D eigenvalue weighted by Gasteiger charge is -2.14. The molecule has 1 heterocycles. The topological polar surface area (TPSA) is 92.2 Å². The molecule has 35 heavy (non-hydrogen) atoms. The lowest BCUT2D eigenvalue weighted by Crippen LogP contribution is -2.39. The number of amides is 3. The first-order valence-electron chi connectivity index (χ1n) is 10.7. The number of carbonyl (C=O) groups is 3. The van der Waals surface area contributed by atoms with Crippen molar-refractivity contribution in [3.63, 3.8) is 0 Å². The summed E-state index contributed by atoms with van der Waals surface area (Å²) in [5.74, 6) is -2.23. The summed E-state index contributed by atoms with van der Waals surface area (Å²) in [4.78, 5) is 38.4. The van der Waals surface area contributed by atoms with Crippen LogP contribution in [0.4, 0.5) is 5.69 Å². The fraction of sp³-hybridized carbons (Fsp3) is 0.115. The van der Waals surface area contributed by atoms with E-state index in [4.69, 9.17) is 23.2 Å². The maximum absolute atomic E-state index is 13.2. The number of benzene rings is 3. The van der Waals surface area contributed by atoms with Crippen molar-refractivity contribution < 1.29 is 14.4 Å². The van der Waals surface area contributed by atoms with E-state index in [2.05, 4.69) is 16.1 Å². The highest BCUT2D eigenvalue weighted by molar-refractivity contribution is 6.38. The van der Waals surface area contributed by atoms with Gasteiger partial charge in [0.15, 0.2) is 0 Å². The van der Waals surface area contributed by atoms with Crippen LogP contribution in [0.2, 0.25) is 10.0 Å². The molecule has 0 aliphatic rings. The summed E-state index contributed by atoms with van der Waals surface area (Å²) in [5.41, 5.74) is 6.57. The molecule has 9 heteroatoms. The first-order valence-corrected chi connectivity index (χ1v) is 11.5. The molecule has 0 bridgehead atoms. The van der Waals surface area contributed by atoms with Crippen LogP contribution < -0.4 is 16.1 Å². The van der Waals surface area contributed by atoms with Crippen LogP contribution in [0.15, 0.2) is 66.7 Å². The van der Waals surface area contributed by atoms with Crippen molar-refractivity contribution >= 4 is 57.5 Å². The summed E-state index contributed by atoms with van der Waals surface area (Å²) in [5, 5.41) is 7.12. The Morgan fingerprint density at radius 3 is 2.31 bits per heavy atom. The summed E-state index contributed by atoms with van der Waals surface area (Å²) < 4.78 is 1.29. The van der Waals surface area contributed by atoms with Crippen molar-refractivity contribution in [3.05, 3.63) is 99.2 Å². The normalized spacial score (nSPS) is 10.7. The van der Waals surface area contributed by atoms with Gasteiger partial charge in [-0.2, -0.15) is 0 Å². The van der Waals surface area contributed by atoms with Crippen LogP contribution >= 0.6 is 23.2 Å². The van der Waals surface area contributed by atoms with E-state index in [-0.39, 0.29) is 12.2 Å². The molecule has 1 aromatic heterocycles. The van der Waals surface area contributed by atoms with Gasteiger partial charge in [-0.15, -0.1) is 0 Å². The summed E-state index contributed by atoms with van der Waals surface area (Å²) >= 11 is 12.0. The van der Waals surface area contributed by atoms with E-state index < -0.39 is 17.7 Å². The Balaban J connectivity index is 1.58. The molecule has 0 atom stereocenters. The van der Waals surface area contributed by atoms with Gasteiger partial charge in [0.1, 0.15) is 5.69 Å². The Morgan fingerprint density at radius 1 is 0.857 bits per heavy atom. The van der Waals surface area contributed by atoms with Crippen molar-refractivity contribution in [1.29, 1.82) is 0 Å². The molecular formula is C26H22Cl2N4O3. The van der Waals surface area contributed by atoms with Gasteiger partial charge in [0.05, 0.1) is 5.52 Å². The van der Waals surface area contributed by atoms with Crippen molar-refractivity contribution in [1.82, 2.24) is 9.99 Å². The number of nitrogens with zero attached hydrogens (tertiary/aromatic N) is 1. The molecule has 0 saturated carbocycles. The zero-order valence-corrected chi connectivity index (χ0v) is 20.5. The van der Waals surface area contributed by atoms with Crippen LogP contribution in [0.3, 0.4) is 0 Å². The highest BCUT2D eigenvalue weighted by Crippen LogP contribution is 2.25. The third-order valence-corrected chi connectivity index (χ3v) is 6.12. The fourth-order valence-electron chi connectivity index (χ4n) is 3.56. The second kappa shape index (κ2) is 10.2. The molecular weight excluding hydrogens is 487 g/mol. The predicted octanol–water partition coefficient (Wildman–Crippen LogP) is 5.20. The first kappa shape index (κ1) is 24.3. The monoisotopic (exact) mass is 508 g/mol. The highest BCUT2D eigenvalue weighted by Gasteiger charge is 2.21. The van der Waals surface area contributed by atoms with Crippen molar-refractivity contribution in [2.75, 3.05) is 10.7 Å². The Morgan fingerprint density at radius 2 is 1.57 bits per heavy atom. The van der Waals surface area contributed by atoms with Gasteiger partial charge in [0.25, 0.3) is 5.91 Å². The molecule has 0 spiro atoms. The van der Waals surface area contributed by atoms with Crippen LogP contribution in [0.5, 0.6) is 0 Å². The lowest BCUT2D eigenvalue weighted by molar-refractivity contribution is -0.136. The maximum atomic E-state index is 13.2. The number of nitrogens with one attached hydrogen (secondary N) is 3. The molecule has 0 aliphatic carbocycles. The van der Waals surface area contributed by atoms with E-state index in [0.717, 1.165) is 16.7 Å². The fourth-order valence-corrected chi connectivity index (χ4v) is 3.87. The van der Waals surface area contributed by atoms with Crippen LogP contribution in [0.1, 0.15) is 27.2 Å². The molecule has 7 nitrogen and oxygen atoms in total. The van der Waals surface area contributed by atoms with Crippen molar-refractivity contribution in [2.45, 2.75) is 20.4 Å². The zero-order valence-electron chi connectivity index (χ0n) is 19.0. The minimum absolute atomic E-state index is 0.141. The third-order valence-electron chi connectivity index (χ3n) is 5.63. The number of carbonyl (C=O) groups excluding carboxylic acids is 3. The molecule has 4 rings (SSSR count). The molecule has 0 fully saturated rings. The second-order valence-electron chi connectivity index (χ2n) is 8.02. The average Bonchev–Trinajstić information content (AvgIpc) is 3.18. The van der Waals surface area contributed by atoms with E-state index >= 15 is 0 Å². The molecule has 4 aromatic rings. The van der Waals surface area contributed by atoms with Gasteiger partial charge >= 0.3 is 11.8 Å². The standard InChI is InChI=1S/C26H22Cl2N4O3/c1-15-4-3-5-21(16(15)2)30-24(33)23-13-18-12-20(28)10-11-22(18)32(23)31-26(35)25(34)29-14-17-6-8-19(27)9-7-17/h3-13H,14H2,1-2H3,(H,29,34)(H,30,33)(H,31,35). The molecule has 0 saturated heterocycles. The highest BCUT2D eigenvalue weighted by atomic mass is 35.5. The SMILES string of the molecule is Cc1cccc(NC(=O)c2cc3cc(Cl)ccc3n2NC(=O)C(=O)NCc2ccc(Cl)cc2)c1C. The van der Waals surface area contributed by atoms with E-state index in [1.807, 2.05) is 26.0 Å². The van der Waals surface area contributed by atoms with Gasteiger partial charge in [0.2, 0.25) is 0 Å². The minimum atomic E-state index is -0.924. The quantitative estimate of drug-likeness (QED) is 0.323. The van der Waals surface area contributed by atoms with Crippen molar-refractivity contribution in [2.24, 2.45) is 0 Å². The number of hydrogen-bond acceptors (Lipinski definition) is 3. The maximum Gasteiger partial charge on any atom is 0.328 e. The average molecular weight is 509 g/mol. The Labute approximate surface area is 212 Å². The summed E-state index contributed by atoms with van der Waals surface area (Å²) in [6, 6.07) is 19.1. The molecule has 3 amide bonds. The van der Waals surface area contributed by atoms with Crippen molar-refractivity contribution in [3.8, 4) is 0 Å². The molecule has 0 radical (unpaired) electrons. The van der Waals surface area contributed by atoms with Crippen LogP contribution in [0, 0.1) is 13.8 Å².